The molecule has 2 aliphatic carbocycles. The van der Waals surface area contributed by atoms with Gasteiger partial charge in [-0.2, -0.15) is 10.4 Å². The predicted molar refractivity (Wildman–Crippen MR) is 141 cm³/mol. The molecule has 4 heterocycles. The van der Waals surface area contributed by atoms with Gasteiger partial charge in [0.1, 0.15) is 17.5 Å². The maximum atomic E-state index is 13.8. The van der Waals surface area contributed by atoms with Gasteiger partial charge >= 0.3 is 0 Å². The number of ether oxygens (including phenoxy) is 1. The van der Waals surface area contributed by atoms with Crippen LogP contribution in [0.5, 0.6) is 0 Å². The molecule has 0 spiro atoms. The van der Waals surface area contributed by atoms with Crippen molar-refractivity contribution in [2.45, 2.75) is 69.9 Å². The molecule has 3 aliphatic rings. The fraction of sp³-hybridized carbons (Fsp3) is 0.414. The lowest BCUT2D eigenvalue weighted by Gasteiger charge is -2.29. The number of alkyl halides is 2. The molecule has 4 aromatic rings. The van der Waals surface area contributed by atoms with E-state index in [0.717, 1.165) is 71.0 Å². The number of hydrogen-bond donors (Lipinski definition) is 1. The quantitative estimate of drug-likeness (QED) is 0.334. The predicted octanol–water partition coefficient (Wildman–Crippen LogP) is 6.53. The average molecular weight is 515 g/mol. The van der Waals surface area contributed by atoms with Gasteiger partial charge in [0.15, 0.2) is 6.23 Å². The van der Waals surface area contributed by atoms with Gasteiger partial charge in [0.25, 0.3) is 5.92 Å². The van der Waals surface area contributed by atoms with Crippen molar-refractivity contribution in [3.05, 3.63) is 52.5 Å². The van der Waals surface area contributed by atoms with Gasteiger partial charge in [-0.3, -0.25) is 9.55 Å². The zero-order valence-corrected chi connectivity index (χ0v) is 21.2. The summed E-state index contributed by atoms with van der Waals surface area (Å²) in [6.07, 6.45) is 9.83. The Labute approximate surface area is 218 Å². The molecule has 2 saturated carbocycles. The minimum absolute atomic E-state index is 0.128. The largest absolute Gasteiger partial charge is 0.384 e. The van der Waals surface area contributed by atoms with Crippen LogP contribution in [0.1, 0.15) is 79.5 Å². The van der Waals surface area contributed by atoms with Crippen molar-refractivity contribution in [1.82, 2.24) is 19.3 Å². The molecule has 194 valence electrons. The molecular formula is C29H28F2N6O. The Bertz CT molecular complexity index is 1670. The first-order valence-corrected chi connectivity index (χ1v) is 13.3. The van der Waals surface area contributed by atoms with E-state index in [1.807, 2.05) is 40.6 Å². The van der Waals surface area contributed by atoms with E-state index in [9.17, 15) is 14.0 Å². The van der Waals surface area contributed by atoms with Gasteiger partial charge < -0.3 is 10.5 Å². The highest BCUT2D eigenvalue weighted by Crippen LogP contribution is 2.48. The molecule has 7 nitrogen and oxygen atoms in total. The Morgan fingerprint density at radius 2 is 1.97 bits per heavy atom. The second-order valence-corrected chi connectivity index (χ2v) is 10.9. The number of nitrogen functional groups attached to an aromatic ring is 1. The van der Waals surface area contributed by atoms with E-state index in [4.69, 9.17) is 20.6 Å². The summed E-state index contributed by atoms with van der Waals surface area (Å²) in [5, 5.41) is 16.3. The summed E-state index contributed by atoms with van der Waals surface area (Å²) in [6.45, 7) is 2.72. The van der Waals surface area contributed by atoms with E-state index >= 15 is 0 Å². The summed E-state index contributed by atoms with van der Waals surface area (Å²) in [7, 11) is 0. The third-order valence-corrected chi connectivity index (χ3v) is 8.11. The first-order chi connectivity index (χ1) is 18.4. The number of nitrogens with two attached hydrogens (primary N) is 1. The maximum absolute atomic E-state index is 13.8. The molecule has 1 saturated heterocycles. The van der Waals surface area contributed by atoms with Crippen LogP contribution in [-0.2, 0) is 4.74 Å². The van der Waals surface area contributed by atoms with Crippen LogP contribution in [0, 0.1) is 18.3 Å². The number of fused-ring (bicyclic) bond motifs is 2. The van der Waals surface area contributed by atoms with Crippen LogP contribution in [0.2, 0.25) is 0 Å². The normalized spacial score (nSPS) is 21.0. The number of benzene rings is 1. The maximum Gasteiger partial charge on any atom is 0.255 e. The molecule has 0 amide bonds. The second-order valence-electron chi connectivity index (χ2n) is 10.9. The molecule has 1 atom stereocenters. The lowest BCUT2D eigenvalue weighted by molar-refractivity contribution is -0.0367. The smallest absolute Gasteiger partial charge is 0.255 e. The number of aryl methyl sites for hydroxylation is 1. The van der Waals surface area contributed by atoms with E-state index < -0.39 is 5.92 Å². The molecule has 2 N–H and O–H groups in total. The van der Waals surface area contributed by atoms with Crippen LogP contribution in [0.25, 0.3) is 33.6 Å². The van der Waals surface area contributed by atoms with Gasteiger partial charge in [0.2, 0.25) is 0 Å². The summed E-state index contributed by atoms with van der Waals surface area (Å²) in [5.41, 5.74) is 12.9. The minimum Gasteiger partial charge on any atom is -0.384 e. The van der Waals surface area contributed by atoms with Crippen molar-refractivity contribution in [3.8, 4) is 11.8 Å². The number of pyridine rings is 1. The van der Waals surface area contributed by atoms with E-state index in [1.54, 1.807) is 6.20 Å². The standard InChI is InChI=1S/C29H28F2N6O/c1-16-5-8-23-22(15-35-37(23)24-4-2-3-9-38-24)26(16)36-27-19(10-17-11-29(30,31)12-17)25(18-6-7-18)34-14-21(27)20(13-32)28(36)33/h5,8,10,14-15,18,24H,2-4,6-7,9,11-12,33H2,1H3. The molecule has 1 aromatic carbocycles. The Morgan fingerprint density at radius 1 is 1.16 bits per heavy atom. The Morgan fingerprint density at radius 3 is 2.66 bits per heavy atom. The summed E-state index contributed by atoms with van der Waals surface area (Å²) in [4.78, 5) is 4.74. The Hall–Kier alpha value is -3.77. The first-order valence-electron chi connectivity index (χ1n) is 13.3. The molecule has 0 radical (unpaired) electrons. The third kappa shape index (κ3) is 3.54. The van der Waals surface area contributed by atoms with Gasteiger partial charge in [0.05, 0.1) is 28.6 Å². The molecule has 9 heteroatoms. The Balaban J connectivity index is 1.52. The first kappa shape index (κ1) is 23.4. The van der Waals surface area contributed by atoms with Crippen molar-refractivity contribution < 1.29 is 13.5 Å². The summed E-state index contributed by atoms with van der Waals surface area (Å²) >= 11 is 0. The number of aromatic nitrogens is 4. The zero-order chi connectivity index (χ0) is 26.2. The third-order valence-electron chi connectivity index (χ3n) is 8.11. The van der Waals surface area contributed by atoms with E-state index in [-0.39, 0.29) is 25.0 Å². The summed E-state index contributed by atoms with van der Waals surface area (Å²) < 4.78 is 37.4. The fourth-order valence-electron chi connectivity index (χ4n) is 6.08. The number of allylic oxidation sites excluding steroid dienone is 1. The number of hydrogen-bond acceptors (Lipinski definition) is 5. The number of halogens is 2. The van der Waals surface area contributed by atoms with E-state index in [2.05, 4.69) is 6.07 Å². The van der Waals surface area contributed by atoms with Crippen molar-refractivity contribution in [1.29, 1.82) is 5.26 Å². The highest BCUT2D eigenvalue weighted by Gasteiger charge is 2.41. The van der Waals surface area contributed by atoms with Gasteiger partial charge in [-0.1, -0.05) is 17.7 Å². The molecule has 3 aromatic heterocycles. The van der Waals surface area contributed by atoms with Crippen molar-refractivity contribution in [2.75, 3.05) is 12.3 Å². The van der Waals surface area contributed by atoms with Gasteiger partial charge in [-0.05, 0) is 50.7 Å². The molecule has 3 fully saturated rings. The Kier molecular flexibility index (Phi) is 5.14. The molecule has 38 heavy (non-hydrogen) atoms. The van der Waals surface area contributed by atoms with Gasteiger partial charge in [-0.25, -0.2) is 13.5 Å². The lowest BCUT2D eigenvalue weighted by Crippen LogP contribution is -2.28. The molecule has 0 bridgehead atoms. The second kappa shape index (κ2) is 8.37. The minimum atomic E-state index is -2.66. The van der Waals surface area contributed by atoms with E-state index in [0.29, 0.717) is 28.9 Å². The molecular weight excluding hydrogens is 486 g/mol. The van der Waals surface area contributed by atoms with Crippen LogP contribution in [0.3, 0.4) is 0 Å². The van der Waals surface area contributed by atoms with Gasteiger partial charge in [-0.15, -0.1) is 0 Å². The summed E-state index contributed by atoms with van der Waals surface area (Å²) in [5.74, 6) is -2.07. The molecule has 1 aliphatic heterocycles. The number of anilines is 1. The van der Waals surface area contributed by atoms with E-state index in [1.165, 1.54) is 0 Å². The van der Waals surface area contributed by atoms with Crippen LogP contribution in [0.4, 0.5) is 14.6 Å². The fourth-order valence-corrected chi connectivity index (χ4v) is 6.08. The number of nitrogens with zero attached hydrogens (tertiary/aromatic N) is 5. The number of rotatable bonds is 4. The zero-order valence-electron chi connectivity index (χ0n) is 21.2. The van der Waals surface area contributed by atoms with Crippen molar-refractivity contribution in [2.24, 2.45) is 0 Å². The number of nitriles is 1. The van der Waals surface area contributed by atoms with Crippen LogP contribution in [-0.4, -0.2) is 31.9 Å². The highest BCUT2D eigenvalue weighted by molar-refractivity contribution is 6.02. The van der Waals surface area contributed by atoms with Crippen LogP contribution >= 0.6 is 0 Å². The molecule has 7 rings (SSSR count). The highest BCUT2D eigenvalue weighted by atomic mass is 19.3. The van der Waals surface area contributed by atoms with Crippen LogP contribution < -0.4 is 5.73 Å². The SMILES string of the molecule is Cc1ccc2c(cnn2C2CCCCO2)c1-n1c(N)c(C#N)c2cnc(C3CC3)c(C=C3CC(F)(F)C3)c21. The van der Waals surface area contributed by atoms with Crippen LogP contribution in [0.15, 0.2) is 30.1 Å². The van der Waals surface area contributed by atoms with Crippen molar-refractivity contribution >= 4 is 33.7 Å². The topological polar surface area (TPSA) is 94.7 Å². The van der Waals surface area contributed by atoms with Gasteiger partial charge in [0, 0.05) is 47.9 Å². The summed E-state index contributed by atoms with van der Waals surface area (Å²) in [6, 6.07) is 6.35. The molecule has 1 unspecified atom stereocenters. The average Bonchev–Trinajstić information content (AvgIpc) is 3.57. The monoisotopic (exact) mass is 514 g/mol. The van der Waals surface area contributed by atoms with Crippen molar-refractivity contribution in [3.63, 3.8) is 0 Å². The lowest BCUT2D eigenvalue weighted by atomic mass is 9.85.